The minimum Gasteiger partial charge on any atom is -0.376 e. The van der Waals surface area contributed by atoms with Crippen LogP contribution in [0.2, 0.25) is 0 Å². The maximum atomic E-state index is 13.7. The summed E-state index contributed by atoms with van der Waals surface area (Å²) in [6.45, 7) is 1.15. The Balaban J connectivity index is 1.69. The molecule has 5 nitrogen and oxygen atoms in total. The van der Waals surface area contributed by atoms with E-state index in [1.807, 2.05) is 0 Å². The molecule has 1 aromatic rings. The minimum atomic E-state index is -0.787. The lowest BCUT2D eigenvalue weighted by molar-refractivity contribution is -0.146. The van der Waals surface area contributed by atoms with Crippen molar-refractivity contribution >= 4 is 17.5 Å². The number of carbonyl (C=O) groups is 2. The molecule has 0 radical (unpaired) electrons. The number of amides is 2. The van der Waals surface area contributed by atoms with E-state index < -0.39 is 17.6 Å². The van der Waals surface area contributed by atoms with Gasteiger partial charge in [-0.2, -0.15) is 0 Å². The summed E-state index contributed by atoms with van der Waals surface area (Å²) >= 11 is 0. The number of hydrogen-bond donors (Lipinski definition) is 1. The number of carbonyl (C=O) groups excluding carboxylic acids is 2. The molecule has 1 heterocycles. The fourth-order valence-electron chi connectivity index (χ4n) is 3.49. The van der Waals surface area contributed by atoms with Gasteiger partial charge in [0.25, 0.3) is 0 Å². The van der Waals surface area contributed by atoms with E-state index in [0.717, 1.165) is 38.5 Å². The molecule has 1 aromatic carbocycles. The Hall–Kier alpha value is -1.95. The summed E-state index contributed by atoms with van der Waals surface area (Å²) in [6, 6.07) is 5.93. The fourth-order valence-corrected chi connectivity index (χ4v) is 3.49. The van der Waals surface area contributed by atoms with Gasteiger partial charge in [-0.05, 0) is 37.8 Å². The standard InChI is InChI=1S/C18H23FN2O3/c19-15-9-3-4-10-16(15)20-17(22)18(23)21(13-6-1-2-7-13)12-14-8-5-11-24-14/h3-4,9-10,13-14H,1-2,5-8,11-12H2,(H,20,22)/t14-/m0/s1. The average molecular weight is 334 g/mol. The molecule has 0 aromatic heterocycles. The molecule has 0 bridgehead atoms. The number of nitrogens with zero attached hydrogens (tertiary/aromatic N) is 1. The van der Waals surface area contributed by atoms with Gasteiger partial charge < -0.3 is 15.0 Å². The Morgan fingerprint density at radius 3 is 2.58 bits per heavy atom. The highest BCUT2D eigenvalue weighted by atomic mass is 19.1. The SMILES string of the molecule is O=C(Nc1ccccc1F)C(=O)N(C[C@@H]1CCCO1)C1CCCC1. The first kappa shape index (κ1) is 16.9. The second kappa shape index (κ2) is 7.75. The molecular formula is C18H23FN2O3. The quantitative estimate of drug-likeness (QED) is 0.861. The van der Waals surface area contributed by atoms with Gasteiger partial charge in [-0.1, -0.05) is 25.0 Å². The zero-order valence-electron chi connectivity index (χ0n) is 13.7. The molecular weight excluding hydrogens is 311 g/mol. The van der Waals surface area contributed by atoms with Crippen LogP contribution < -0.4 is 5.32 Å². The molecule has 1 aliphatic carbocycles. The highest BCUT2D eigenvalue weighted by Crippen LogP contribution is 2.26. The predicted molar refractivity (Wildman–Crippen MR) is 88.0 cm³/mol. The minimum absolute atomic E-state index is 0.00388. The lowest BCUT2D eigenvalue weighted by Crippen LogP contribution is -2.48. The lowest BCUT2D eigenvalue weighted by Gasteiger charge is -2.30. The predicted octanol–water partition coefficient (Wildman–Crippen LogP) is 2.71. The van der Waals surface area contributed by atoms with Crippen molar-refractivity contribution in [2.24, 2.45) is 0 Å². The summed E-state index contributed by atoms with van der Waals surface area (Å²) in [5.41, 5.74) is 0.0272. The Labute approximate surface area is 141 Å². The Bertz CT molecular complexity index is 596. The molecule has 0 spiro atoms. The van der Waals surface area contributed by atoms with Crippen LogP contribution in [-0.4, -0.2) is 42.0 Å². The topological polar surface area (TPSA) is 58.6 Å². The first-order valence-electron chi connectivity index (χ1n) is 8.63. The van der Waals surface area contributed by atoms with Gasteiger partial charge in [0, 0.05) is 19.2 Å². The van der Waals surface area contributed by atoms with Gasteiger partial charge >= 0.3 is 11.8 Å². The van der Waals surface area contributed by atoms with E-state index in [9.17, 15) is 14.0 Å². The van der Waals surface area contributed by atoms with Gasteiger partial charge in [0.2, 0.25) is 0 Å². The second-order valence-corrected chi connectivity index (χ2v) is 6.46. The maximum absolute atomic E-state index is 13.7. The summed E-state index contributed by atoms with van der Waals surface area (Å²) in [6.07, 6.45) is 5.83. The van der Waals surface area contributed by atoms with Crippen molar-refractivity contribution < 1.29 is 18.7 Å². The van der Waals surface area contributed by atoms with E-state index in [4.69, 9.17) is 4.74 Å². The molecule has 1 N–H and O–H groups in total. The van der Waals surface area contributed by atoms with Crippen molar-refractivity contribution in [3.8, 4) is 0 Å². The molecule has 1 aliphatic heterocycles. The summed E-state index contributed by atoms with van der Waals surface area (Å²) in [7, 11) is 0. The van der Waals surface area contributed by atoms with Gasteiger partial charge in [0.1, 0.15) is 5.82 Å². The van der Waals surface area contributed by atoms with Gasteiger partial charge in [-0.15, -0.1) is 0 Å². The first-order valence-corrected chi connectivity index (χ1v) is 8.63. The molecule has 3 rings (SSSR count). The van der Waals surface area contributed by atoms with E-state index in [1.165, 1.54) is 18.2 Å². The average Bonchev–Trinajstić information content (AvgIpc) is 3.27. The number of anilines is 1. The lowest BCUT2D eigenvalue weighted by atomic mass is 10.1. The smallest absolute Gasteiger partial charge is 0.313 e. The largest absolute Gasteiger partial charge is 0.376 e. The number of ether oxygens (including phenoxy) is 1. The number of nitrogens with one attached hydrogen (secondary N) is 1. The molecule has 1 atom stereocenters. The molecule has 24 heavy (non-hydrogen) atoms. The van der Waals surface area contributed by atoms with Crippen LogP contribution in [-0.2, 0) is 14.3 Å². The molecule has 1 saturated heterocycles. The third kappa shape index (κ3) is 3.93. The van der Waals surface area contributed by atoms with Crippen molar-refractivity contribution in [2.45, 2.75) is 50.7 Å². The van der Waals surface area contributed by atoms with Crippen LogP contribution >= 0.6 is 0 Å². The summed E-state index contributed by atoms with van der Waals surface area (Å²) < 4.78 is 19.3. The molecule has 2 aliphatic rings. The van der Waals surface area contributed by atoms with E-state index in [-0.39, 0.29) is 17.8 Å². The van der Waals surface area contributed by atoms with Crippen LogP contribution in [0.4, 0.5) is 10.1 Å². The highest BCUT2D eigenvalue weighted by molar-refractivity contribution is 6.39. The Morgan fingerprint density at radius 1 is 1.17 bits per heavy atom. The van der Waals surface area contributed by atoms with Crippen LogP contribution in [0.15, 0.2) is 24.3 Å². The third-order valence-corrected chi connectivity index (χ3v) is 4.77. The molecule has 1 saturated carbocycles. The number of rotatable bonds is 4. The van der Waals surface area contributed by atoms with Crippen LogP contribution in [0.5, 0.6) is 0 Å². The maximum Gasteiger partial charge on any atom is 0.313 e. The van der Waals surface area contributed by atoms with Crippen LogP contribution in [0.1, 0.15) is 38.5 Å². The van der Waals surface area contributed by atoms with Crippen molar-refractivity contribution in [3.63, 3.8) is 0 Å². The van der Waals surface area contributed by atoms with Crippen molar-refractivity contribution in [3.05, 3.63) is 30.1 Å². The van der Waals surface area contributed by atoms with Gasteiger partial charge in [-0.25, -0.2) is 4.39 Å². The Morgan fingerprint density at radius 2 is 1.92 bits per heavy atom. The van der Waals surface area contributed by atoms with Crippen LogP contribution in [0.25, 0.3) is 0 Å². The number of hydrogen-bond acceptors (Lipinski definition) is 3. The first-order chi connectivity index (χ1) is 11.6. The summed E-state index contributed by atoms with van der Waals surface area (Å²) in [4.78, 5) is 26.6. The van der Waals surface area contributed by atoms with Gasteiger partial charge in [0.05, 0.1) is 11.8 Å². The molecule has 6 heteroatoms. The van der Waals surface area contributed by atoms with Crippen molar-refractivity contribution in [2.75, 3.05) is 18.5 Å². The molecule has 0 unspecified atom stereocenters. The van der Waals surface area contributed by atoms with Gasteiger partial charge in [0.15, 0.2) is 0 Å². The zero-order chi connectivity index (χ0) is 16.9. The number of benzene rings is 1. The second-order valence-electron chi connectivity index (χ2n) is 6.46. The van der Waals surface area contributed by atoms with E-state index in [2.05, 4.69) is 5.32 Å². The van der Waals surface area contributed by atoms with E-state index in [1.54, 1.807) is 11.0 Å². The summed E-state index contributed by atoms with van der Waals surface area (Å²) in [5, 5.41) is 2.39. The number of para-hydroxylation sites is 1. The van der Waals surface area contributed by atoms with Gasteiger partial charge in [-0.3, -0.25) is 9.59 Å². The third-order valence-electron chi connectivity index (χ3n) is 4.77. The van der Waals surface area contributed by atoms with Crippen LogP contribution in [0.3, 0.4) is 0 Å². The Kier molecular flexibility index (Phi) is 5.45. The van der Waals surface area contributed by atoms with Crippen molar-refractivity contribution in [1.82, 2.24) is 4.90 Å². The number of halogens is 1. The van der Waals surface area contributed by atoms with Crippen LogP contribution in [0, 0.1) is 5.82 Å². The molecule has 130 valence electrons. The van der Waals surface area contributed by atoms with E-state index >= 15 is 0 Å². The fraction of sp³-hybridized carbons (Fsp3) is 0.556. The normalized spacial score (nSPS) is 21.0. The monoisotopic (exact) mass is 334 g/mol. The van der Waals surface area contributed by atoms with Crippen molar-refractivity contribution in [1.29, 1.82) is 0 Å². The zero-order valence-corrected chi connectivity index (χ0v) is 13.7. The molecule has 2 fully saturated rings. The molecule has 2 amide bonds. The highest BCUT2D eigenvalue weighted by Gasteiger charge is 2.33. The van der Waals surface area contributed by atoms with E-state index in [0.29, 0.717) is 13.2 Å². The summed E-state index contributed by atoms with van der Waals surface area (Å²) in [5.74, 6) is -1.93.